The zero-order valence-corrected chi connectivity index (χ0v) is 12.6. The van der Waals surface area contributed by atoms with E-state index in [4.69, 9.17) is 4.74 Å². The van der Waals surface area contributed by atoms with Crippen LogP contribution in [0, 0.1) is 6.92 Å². The van der Waals surface area contributed by atoms with Gasteiger partial charge in [0.1, 0.15) is 5.75 Å². The number of hydrogen-bond donors (Lipinski definition) is 2. The lowest BCUT2D eigenvalue weighted by atomic mass is 10.1. The fourth-order valence-corrected chi connectivity index (χ4v) is 2.06. The van der Waals surface area contributed by atoms with Gasteiger partial charge in [0, 0.05) is 17.8 Å². The van der Waals surface area contributed by atoms with Crippen molar-refractivity contribution in [1.29, 1.82) is 0 Å². The van der Waals surface area contributed by atoms with Crippen molar-refractivity contribution in [3.05, 3.63) is 53.6 Å². The van der Waals surface area contributed by atoms with E-state index in [1.165, 1.54) is 0 Å². The maximum atomic E-state index is 12.3. The topological polar surface area (TPSA) is 50.4 Å². The van der Waals surface area contributed by atoms with Crippen LogP contribution in [-0.2, 0) is 0 Å². The number of benzene rings is 2. The maximum absolute atomic E-state index is 12.3. The molecule has 2 aromatic rings. The van der Waals surface area contributed by atoms with Gasteiger partial charge in [0.2, 0.25) is 0 Å². The summed E-state index contributed by atoms with van der Waals surface area (Å²) in [7, 11) is 1.59. The molecule has 0 aromatic heterocycles. The Bertz CT molecular complexity index is 621. The lowest BCUT2D eigenvalue weighted by Crippen LogP contribution is -2.12. The Kier molecular flexibility index (Phi) is 4.82. The molecule has 110 valence electrons. The molecule has 0 fully saturated rings. The van der Waals surface area contributed by atoms with Gasteiger partial charge in [0.25, 0.3) is 5.91 Å². The first-order valence-electron chi connectivity index (χ1n) is 6.94. The first-order valence-corrected chi connectivity index (χ1v) is 6.94. The summed E-state index contributed by atoms with van der Waals surface area (Å²) in [5, 5.41) is 6.08. The monoisotopic (exact) mass is 284 g/mol. The smallest absolute Gasteiger partial charge is 0.255 e. The van der Waals surface area contributed by atoms with Crippen molar-refractivity contribution in [2.45, 2.75) is 13.8 Å². The molecule has 1 amide bonds. The summed E-state index contributed by atoms with van der Waals surface area (Å²) in [6, 6.07) is 13.1. The van der Waals surface area contributed by atoms with Gasteiger partial charge in [-0.25, -0.2) is 0 Å². The summed E-state index contributed by atoms with van der Waals surface area (Å²) in [4.78, 5) is 12.3. The largest absolute Gasteiger partial charge is 0.495 e. The Labute approximate surface area is 125 Å². The van der Waals surface area contributed by atoms with E-state index in [2.05, 4.69) is 10.6 Å². The summed E-state index contributed by atoms with van der Waals surface area (Å²) >= 11 is 0. The summed E-state index contributed by atoms with van der Waals surface area (Å²) < 4.78 is 5.26. The molecule has 0 aliphatic heterocycles. The maximum Gasteiger partial charge on any atom is 0.255 e. The average Bonchev–Trinajstić information content (AvgIpc) is 2.48. The fourth-order valence-electron chi connectivity index (χ4n) is 2.06. The molecule has 0 saturated heterocycles. The van der Waals surface area contributed by atoms with Crippen molar-refractivity contribution in [2.75, 3.05) is 24.3 Å². The third kappa shape index (κ3) is 3.75. The zero-order chi connectivity index (χ0) is 15.2. The SMILES string of the molecule is CCNc1ccc(C(=O)Nc2cc(C)ccc2OC)cc1. The molecule has 0 aliphatic rings. The number of anilines is 2. The van der Waals surface area contributed by atoms with E-state index in [9.17, 15) is 4.79 Å². The van der Waals surface area contributed by atoms with Gasteiger partial charge >= 0.3 is 0 Å². The third-order valence-electron chi connectivity index (χ3n) is 3.13. The van der Waals surface area contributed by atoms with E-state index in [0.29, 0.717) is 17.0 Å². The van der Waals surface area contributed by atoms with E-state index >= 15 is 0 Å². The lowest BCUT2D eigenvalue weighted by molar-refractivity contribution is 0.102. The average molecular weight is 284 g/mol. The highest BCUT2D eigenvalue weighted by molar-refractivity contribution is 6.05. The van der Waals surface area contributed by atoms with Crippen LogP contribution < -0.4 is 15.4 Å². The predicted molar refractivity (Wildman–Crippen MR) is 86.3 cm³/mol. The van der Waals surface area contributed by atoms with Crippen molar-refractivity contribution in [2.24, 2.45) is 0 Å². The molecule has 2 N–H and O–H groups in total. The van der Waals surface area contributed by atoms with Crippen LogP contribution in [0.4, 0.5) is 11.4 Å². The van der Waals surface area contributed by atoms with Crippen LogP contribution in [0.3, 0.4) is 0 Å². The molecule has 0 aliphatic carbocycles. The summed E-state index contributed by atoms with van der Waals surface area (Å²) in [5.41, 5.74) is 3.36. The normalized spacial score (nSPS) is 10.0. The molecular weight excluding hydrogens is 264 g/mol. The Morgan fingerprint density at radius 3 is 2.48 bits per heavy atom. The van der Waals surface area contributed by atoms with E-state index in [1.807, 2.05) is 44.2 Å². The van der Waals surface area contributed by atoms with Crippen molar-refractivity contribution in [1.82, 2.24) is 0 Å². The second kappa shape index (κ2) is 6.79. The Morgan fingerprint density at radius 1 is 1.14 bits per heavy atom. The first-order chi connectivity index (χ1) is 10.1. The molecule has 0 spiro atoms. The molecule has 0 atom stereocenters. The van der Waals surface area contributed by atoms with E-state index in [1.54, 1.807) is 19.2 Å². The van der Waals surface area contributed by atoms with Gasteiger partial charge in [-0.1, -0.05) is 6.07 Å². The predicted octanol–water partition coefficient (Wildman–Crippen LogP) is 3.69. The van der Waals surface area contributed by atoms with Gasteiger partial charge in [-0.15, -0.1) is 0 Å². The highest BCUT2D eigenvalue weighted by atomic mass is 16.5. The molecule has 2 rings (SSSR count). The van der Waals surface area contributed by atoms with Crippen molar-refractivity contribution in [3.63, 3.8) is 0 Å². The highest BCUT2D eigenvalue weighted by Gasteiger charge is 2.10. The summed E-state index contributed by atoms with van der Waals surface area (Å²) in [6.07, 6.45) is 0. The van der Waals surface area contributed by atoms with Gasteiger partial charge < -0.3 is 15.4 Å². The Balaban J connectivity index is 2.15. The summed E-state index contributed by atoms with van der Waals surface area (Å²) in [5.74, 6) is 0.500. The van der Waals surface area contributed by atoms with Crippen molar-refractivity contribution >= 4 is 17.3 Å². The number of nitrogens with one attached hydrogen (secondary N) is 2. The molecule has 2 aromatic carbocycles. The first kappa shape index (κ1) is 14.9. The number of aryl methyl sites for hydroxylation is 1. The minimum Gasteiger partial charge on any atom is -0.495 e. The molecule has 0 saturated carbocycles. The molecule has 0 bridgehead atoms. The van der Waals surface area contributed by atoms with Crippen LogP contribution >= 0.6 is 0 Å². The van der Waals surface area contributed by atoms with E-state index in [0.717, 1.165) is 17.8 Å². The van der Waals surface area contributed by atoms with Crippen LogP contribution in [0.2, 0.25) is 0 Å². The molecule has 0 heterocycles. The quantitative estimate of drug-likeness (QED) is 0.880. The van der Waals surface area contributed by atoms with Gasteiger partial charge in [0.05, 0.1) is 12.8 Å². The van der Waals surface area contributed by atoms with E-state index < -0.39 is 0 Å². The van der Waals surface area contributed by atoms with Gasteiger partial charge in [-0.3, -0.25) is 4.79 Å². The number of carbonyl (C=O) groups is 1. The summed E-state index contributed by atoms with van der Waals surface area (Å²) in [6.45, 7) is 4.86. The minimum absolute atomic E-state index is 0.151. The number of methoxy groups -OCH3 is 1. The molecule has 4 heteroatoms. The number of amides is 1. The van der Waals surface area contributed by atoms with Crippen LogP contribution in [0.1, 0.15) is 22.8 Å². The van der Waals surface area contributed by atoms with Crippen LogP contribution in [0.5, 0.6) is 5.75 Å². The standard InChI is InChI=1S/C17H20N2O2/c1-4-18-14-8-6-13(7-9-14)17(20)19-15-11-12(2)5-10-16(15)21-3/h5-11,18H,4H2,1-3H3,(H,19,20). The second-order valence-corrected chi connectivity index (χ2v) is 4.77. The lowest BCUT2D eigenvalue weighted by Gasteiger charge is -2.11. The molecule has 21 heavy (non-hydrogen) atoms. The van der Waals surface area contributed by atoms with Crippen molar-refractivity contribution < 1.29 is 9.53 Å². The van der Waals surface area contributed by atoms with Crippen LogP contribution in [-0.4, -0.2) is 19.6 Å². The van der Waals surface area contributed by atoms with E-state index in [-0.39, 0.29) is 5.91 Å². The van der Waals surface area contributed by atoms with Crippen LogP contribution in [0.25, 0.3) is 0 Å². The van der Waals surface area contributed by atoms with Crippen LogP contribution in [0.15, 0.2) is 42.5 Å². The number of ether oxygens (including phenoxy) is 1. The fraction of sp³-hybridized carbons (Fsp3) is 0.235. The third-order valence-corrected chi connectivity index (χ3v) is 3.13. The second-order valence-electron chi connectivity index (χ2n) is 4.77. The van der Waals surface area contributed by atoms with Gasteiger partial charge in [-0.05, 0) is 55.8 Å². The highest BCUT2D eigenvalue weighted by Crippen LogP contribution is 2.25. The Hall–Kier alpha value is -2.49. The molecule has 0 radical (unpaired) electrons. The van der Waals surface area contributed by atoms with Gasteiger partial charge in [-0.2, -0.15) is 0 Å². The number of hydrogen-bond acceptors (Lipinski definition) is 3. The van der Waals surface area contributed by atoms with Crippen molar-refractivity contribution in [3.8, 4) is 5.75 Å². The molecular formula is C17H20N2O2. The molecule has 0 unspecified atom stereocenters. The van der Waals surface area contributed by atoms with Gasteiger partial charge in [0.15, 0.2) is 0 Å². The minimum atomic E-state index is -0.151. The number of carbonyl (C=O) groups excluding carboxylic acids is 1. The zero-order valence-electron chi connectivity index (χ0n) is 12.6. The number of rotatable bonds is 5. The Morgan fingerprint density at radius 2 is 1.86 bits per heavy atom. The molecule has 4 nitrogen and oxygen atoms in total.